The zero-order chi connectivity index (χ0) is 20.8. The molecule has 2 aromatic carbocycles. The van der Waals surface area contributed by atoms with Gasteiger partial charge in [-0.05, 0) is 74.9 Å². The third-order valence-corrected chi connectivity index (χ3v) is 6.66. The molecular weight excluding hydrogens is 370 g/mol. The van der Waals surface area contributed by atoms with E-state index < -0.39 is 0 Å². The maximum atomic E-state index is 12.6. The van der Waals surface area contributed by atoms with Gasteiger partial charge in [-0.25, -0.2) is 0 Å². The Morgan fingerprint density at radius 2 is 1.67 bits per heavy atom. The summed E-state index contributed by atoms with van der Waals surface area (Å²) < 4.78 is 0. The quantitative estimate of drug-likeness (QED) is 0.775. The number of likely N-dealkylation sites (tertiary alicyclic amines) is 1. The first-order chi connectivity index (χ1) is 14.7. The van der Waals surface area contributed by atoms with E-state index >= 15 is 0 Å². The van der Waals surface area contributed by atoms with E-state index in [4.69, 9.17) is 0 Å². The number of hydrogen-bond donors (Lipinski definition) is 1. The Morgan fingerprint density at radius 1 is 0.933 bits per heavy atom. The fourth-order valence-electron chi connectivity index (χ4n) is 4.85. The van der Waals surface area contributed by atoms with Crippen molar-refractivity contribution in [2.45, 2.75) is 51.6 Å². The van der Waals surface area contributed by atoms with E-state index in [1.54, 1.807) is 0 Å². The lowest BCUT2D eigenvalue weighted by atomic mass is 9.92. The number of amides is 1. The number of nitrogens with zero attached hydrogens (tertiary/aromatic N) is 2. The summed E-state index contributed by atoms with van der Waals surface area (Å²) in [4.78, 5) is 17.6. The maximum absolute atomic E-state index is 12.6. The smallest absolute Gasteiger partial charge is 0.220 e. The second-order valence-corrected chi connectivity index (χ2v) is 9.08. The molecule has 0 atom stereocenters. The van der Waals surface area contributed by atoms with Crippen LogP contribution in [0.25, 0.3) is 0 Å². The summed E-state index contributed by atoms with van der Waals surface area (Å²) in [6.07, 6.45) is 5.03. The number of aryl methyl sites for hydroxylation is 1. The Morgan fingerprint density at radius 3 is 2.37 bits per heavy atom. The molecule has 4 nitrogen and oxygen atoms in total. The lowest BCUT2D eigenvalue weighted by Gasteiger charge is -2.35. The Balaban J connectivity index is 1.15. The Labute approximate surface area is 181 Å². The minimum Gasteiger partial charge on any atom is -0.371 e. The number of rotatable bonds is 6. The molecular formula is C26H35N3O. The number of benzene rings is 2. The number of anilines is 1. The van der Waals surface area contributed by atoms with Crippen LogP contribution in [0.3, 0.4) is 0 Å². The first kappa shape index (κ1) is 20.9. The van der Waals surface area contributed by atoms with Crippen LogP contribution in [0.4, 0.5) is 5.69 Å². The molecule has 1 amide bonds. The highest BCUT2D eigenvalue weighted by atomic mass is 16.1. The summed E-state index contributed by atoms with van der Waals surface area (Å²) >= 11 is 0. The van der Waals surface area contributed by atoms with Gasteiger partial charge in [0.2, 0.25) is 5.91 Å². The minimum absolute atomic E-state index is 0.255. The Bertz CT molecular complexity index is 806. The molecule has 0 radical (unpaired) electrons. The van der Waals surface area contributed by atoms with Crippen molar-refractivity contribution in [1.29, 1.82) is 0 Å². The van der Waals surface area contributed by atoms with E-state index in [9.17, 15) is 4.79 Å². The molecule has 2 heterocycles. The lowest BCUT2D eigenvalue weighted by Crippen LogP contribution is -2.45. The van der Waals surface area contributed by atoms with Crippen LogP contribution in [0.15, 0.2) is 54.6 Å². The molecule has 0 unspecified atom stereocenters. The minimum atomic E-state index is 0.255. The van der Waals surface area contributed by atoms with E-state index in [1.165, 1.54) is 16.8 Å². The van der Waals surface area contributed by atoms with Crippen molar-refractivity contribution in [3.05, 3.63) is 65.7 Å². The van der Waals surface area contributed by atoms with Gasteiger partial charge in [-0.1, -0.05) is 42.5 Å². The van der Waals surface area contributed by atoms with Gasteiger partial charge in [-0.2, -0.15) is 0 Å². The molecule has 2 fully saturated rings. The second kappa shape index (κ2) is 10.1. The van der Waals surface area contributed by atoms with Gasteiger partial charge in [-0.3, -0.25) is 9.69 Å². The molecule has 0 spiro atoms. The van der Waals surface area contributed by atoms with Crippen LogP contribution in [0, 0.1) is 12.8 Å². The zero-order valence-corrected chi connectivity index (χ0v) is 18.2. The number of piperidine rings is 2. The summed E-state index contributed by atoms with van der Waals surface area (Å²) in [7, 11) is 0. The van der Waals surface area contributed by atoms with Crippen LogP contribution in [0.2, 0.25) is 0 Å². The van der Waals surface area contributed by atoms with Crippen molar-refractivity contribution in [1.82, 2.24) is 10.2 Å². The largest absolute Gasteiger partial charge is 0.371 e. The number of hydrogen-bond acceptors (Lipinski definition) is 3. The highest BCUT2D eigenvalue weighted by Crippen LogP contribution is 2.23. The van der Waals surface area contributed by atoms with Crippen LogP contribution in [-0.2, 0) is 11.3 Å². The molecule has 4 heteroatoms. The van der Waals surface area contributed by atoms with Gasteiger partial charge >= 0.3 is 0 Å². The third-order valence-electron chi connectivity index (χ3n) is 6.66. The molecule has 0 saturated carbocycles. The lowest BCUT2D eigenvalue weighted by molar-refractivity contribution is -0.123. The third kappa shape index (κ3) is 5.85. The Hall–Kier alpha value is -2.33. The molecule has 1 N–H and O–H groups in total. The summed E-state index contributed by atoms with van der Waals surface area (Å²) in [5, 5.41) is 3.32. The first-order valence-electron chi connectivity index (χ1n) is 11.5. The second-order valence-electron chi connectivity index (χ2n) is 9.08. The number of carbonyl (C=O) groups excluding carboxylic acids is 1. The van der Waals surface area contributed by atoms with Crippen molar-refractivity contribution in [3.8, 4) is 0 Å². The molecule has 0 aliphatic carbocycles. The van der Waals surface area contributed by atoms with Gasteiger partial charge in [0.05, 0.1) is 0 Å². The molecule has 2 aromatic rings. The highest BCUT2D eigenvalue weighted by molar-refractivity contribution is 5.76. The van der Waals surface area contributed by atoms with Crippen molar-refractivity contribution in [2.75, 3.05) is 31.1 Å². The van der Waals surface area contributed by atoms with Gasteiger partial charge in [0.1, 0.15) is 0 Å². The van der Waals surface area contributed by atoms with Gasteiger partial charge in [0.15, 0.2) is 0 Å². The van der Waals surface area contributed by atoms with E-state index in [1.807, 2.05) is 0 Å². The predicted molar refractivity (Wildman–Crippen MR) is 124 cm³/mol. The van der Waals surface area contributed by atoms with Gasteiger partial charge in [-0.15, -0.1) is 0 Å². The van der Waals surface area contributed by atoms with Crippen molar-refractivity contribution in [3.63, 3.8) is 0 Å². The van der Waals surface area contributed by atoms with Crippen LogP contribution in [-0.4, -0.2) is 43.0 Å². The first-order valence-corrected chi connectivity index (χ1v) is 11.5. The molecule has 4 rings (SSSR count). The van der Waals surface area contributed by atoms with Crippen molar-refractivity contribution >= 4 is 11.6 Å². The van der Waals surface area contributed by atoms with E-state index in [-0.39, 0.29) is 5.91 Å². The number of nitrogens with one attached hydrogen (secondary N) is 1. The highest BCUT2D eigenvalue weighted by Gasteiger charge is 2.24. The van der Waals surface area contributed by atoms with Gasteiger partial charge in [0, 0.05) is 37.8 Å². The molecule has 30 heavy (non-hydrogen) atoms. The zero-order valence-electron chi connectivity index (χ0n) is 18.2. The van der Waals surface area contributed by atoms with Crippen molar-refractivity contribution in [2.24, 2.45) is 5.92 Å². The normalized spacial score (nSPS) is 19.0. The average molecular weight is 406 g/mol. The molecule has 0 aromatic heterocycles. The number of carbonyl (C=O) groups is 1. The van der Waals surface area contributed by atoms with Crippen LogP contribution in [0.1, 0.15) is 43.2 Å². The SMILES string of the molecule is Cc1cccc(N2CCC(NC(=O)CC3CCN(Cc4ccccc4)CC3)CC2)c1. The predicted octanol–water partition coefficient (Wildman–Crippen LogP) is 4.38. The van der Waals surface area contributed by atoms with Gasteiger partial charge in [0.25, 0.3) is 0 Å². The summed E-state index contributed by atoms with van der Waals surface area (Å²) in [5.74, 6) is 0.787. The molecule has 2 aliphatic heterocycles. The maximum Gasteiger partial charge on any atom is 0.220 e. The molecule has 2 saturated heterocycles. The van der Waals surface area contributed by atoms with E-state index in [0.29, 0.717) is 18.4 Å². The summed E-state index contributed by atoms with van der Waals surface area (Å²) in [5.41, 5.74) is 3.99. The molecule has 0 bridgehead atoms. The van der Waals surface area contributed by atoms with Gasteiger partial charge < -0.3 is 10.2 Å². The van der Waals surface area contributed by atoms with Crippen molar-refractivity contribution < 1.29 is 4.79 Å². The van der Waals surface area contributed by atoms with Crippen LogP contribution < -0.4 is 10.2 Å². The average Bonchev–Trinajstić information content (AvgIpc) is 2.76. The Kier molecular flexibility index (Phi) is 7.06. The topological polar surface area (TPSA) is 35.6 Å². The van der Waals surface area contributed by atoms with E-state index in [2.05, 4.69) is 76.6 Å². The monoisotopic (exact) mass is 405 g/mol. The molecule has 160 valence electrons. The fraction of sp³-hybridized carbons (Fsp3) is 0.500. The fourth-order valence-corrected chi connectivity index (χ4v) is 4.85. The summed E-state index contributed by atoms with van der Waals surface area (Å²) in [6, 6.07) is 19.7. The van der Waals surface area contributed by atoms with Crippen LogP contribution >= 0.6 is 0 Å². The summed E-state index contributed by atoms with van der Waals surface area (Å²) in [6.45, 7) is 7.41. The standard InChI is InChI=1S/C26H35N3O/c1-21-6-5-9-25(18-21)29-16-12-24(13-17-29)27-26(30)19-22-10-14-28(15-11-22)20-23-7-3-2-4-8-23/h2-9,18,22,24H,10-17,19-20H2,1H3,(H,27,30). The van der Waals surface area contributed by atoms with E-state index in [0.717, 1.165) is 58.4 Å². The van der Waals surface area contributed by atoms with Crippen LogP contribution in [0.5, 0.6) is 0 Å². The molecule has 2 aliphatic rings.